The molecule has 1 amide bonds. The molecule has 0 atom stereocenters. The third-order valence-electron chi connectivity index (χ3n) is 3.98. The summed E-state index contributed by atoms with van der Waals surface area (Å²) in [5, 5.41) is 2.92. The maximum Gasteiger partial charge on any atom is 0.252 e. The largest absolute Gasteiger partial charge is 0.349 e. The number of benzene rings is 1. The standard InChI is InChI=1S/C22H31NOS/c1-17(2)9-7-10-18(3)11-8-12-19(4)15-16-23-22(24)20-13-5-6-14-21(20)25/h5-6,9,11,13-15,25H,7-8,10,12,16H2,1-4H3,(H,23,24). The molecule has 1 aromatic carbocycles. The first kappa shape index (κ1) is 21.3. The first-order valence-electron chi connectivity index (χ1n) is 8.91. The first-order chi connectivity index (χ1) is 11.9. The molecule has 0 fully saturated rings. The van der Waals surface area contributed by atoms with Crippen LogP contribution in [0.4, 0.5) is 0 Å². The van der Waals surface area contributed by atoms with Crippen LogP contribution in [-0.4, -0.2) is 12.5 Å². The van der Waals surface area contributed by atoms with Crippen LogP contribution in [0.25, 0.3) is 0 Å². The van der Waals surface area contributed by atoms with E-state index in [1.54, 1.807) is 6.07 Å². The fraction of sp³-hybridized carbons (Fsp3) is 0.409. The summed E-state index contributed by atoms with van der Waals surface area (Å²) in [6.45, 7) is 9.15. The molecule has 0 spiro atoms. The highest BCUT2D eigenvalue weighted by atomic mass is 32.1. The minimum atomic E-state index is -0.0790. The smallest absolute Gasteiger partial charge is 0.252 e. The highest BCUT2D eigenvalue weighted by molar-refractivity contribution is 7.80. The Kier molecular flexibility index (Phi) is 10.0. The number of hydrogen-bond donors (Lipinski definition) is 2. The van der Waals surface area contributed by atoms with E-state index in [4.69, 9.17) is 0 Å². The molecule has 0 aliphatic heterocycles. The summed E-state index contributed by atoms with van der Waals surface area (Å²) in [4.78, 5) is 12.8. The molecule has 0 aliphatic rings. The van der Waals surface area contributed by atoms with E-state index in [9.17, 15) is 4.79 Å². The average Bonchev–Trinajstić information content (AvgIpc) is 2.54. The van der Waals surface area contributed by atoms with Gasteiger partial charge in [-0.1, -0.05) is 47.1 Å². The van der Waals surface area contributed by atoms with E-state index >= 15 is 0 Å². The highest BCUT2D eigenvalue weighted by Gasteiger charge is 2.06. The maximum atomic E-state index is 12.1. The van der Waals surface area contributed by atoms with Gasteiger partial charge in [-0.25, -0.2) is 0 Å². The number of nitrogens with one attached hydrogen (secondary N) is 1. The van der Waals surface area contributed by atoms with Crippen molar-refractivity contribution in [2.45, 2.75) is 58.3 Å². The predicted molar refractivity (Wildman–Crippen MR) is 111 cm³/mol. The van der Waals surface area contributed by atoms with Gasteiger partial charge in [-0.15, -0.1) is 12.6 Å². The second-order valence-electron chi connectivity index (χ2n) is 6.69. The molecule has 2 nitrogen and oxygen atoms in total. The van der Waals surface area contributed by atoms with Crippen LogP contribution in [0.1, 0.15) is 63.7 Å². The van der Waals surface area contributed by atoms with E-state index in [-0.39, 0.29) is 5.91 Å². The van der Waals surface area contributed by atoms with Gasteiger partial charge in [0.2, 0.25) is 0 Å². The zero-order chi connectivity index (χ0) is 18.7. The Labute approximate surface area is 158 Å². The van der Waals surface area contributed by atoms with Crippen molar-refractivity contribution in [3.8, 4) is 0 Å². The number of hydrogen-bond acceptors (Lipinski definition) is 2. The Balaban J connectivity index is 2.33. The second kappa shape index (κ2) is 11.8. The summed E-state index contributed by atoms with van der Waals surface area (Å²) in [7, 11) is 0. The van der Waals surface area contributed by atoms with Crippen LogP contribution < -0.4 is 5.32 Å². The lowest BCUT2D eigenvalue weighted by Crippen LogP contribution is -2.23. The Hall–Kier alpha value is -1.74. The molecule has 0 unspecified atom stereocenters. The Morgan fingerprint density at radius 1 is 0.960 bits per heavy atom. The SMILES string of the molecule is CC(C)=CCCC(C)=CCCC(C)=CCNC(=O)c1ccccc1S. The monoisotopic (exact) mass is 357 g/mol. The number of carbonyl (C=O) groups excluding carboxylic acids is 1. The number of amides is 1. The molecule has 25 heavy (non-hydrogen) atoms. The van der Waals surface area contributed by atoms with Crippen molar-refractivity contribution in [3.05, 3.63) is 64.8 Å². The highest BCUT2D eigenvalue weighted by Crippen LogP contribution is 2.13. The zero-order valence-electron chi connectivity index (χ0n) is 15.9. The van der Waals surface area contributed by atoms with Crippen LogP contribution in [-0.2, 0) is 0 Å². The van der Waals surface area contributed by atoms with E-state index < -0.39 is 0 Å². The third-order valence-corrected chi connectivity index (χ3v) is 4.37. The van der Waals surface area contributed by atoms with Gasteiger partial charge in [0, 0.05) is 11.4 Å². The number of carbonyl (C=O) groups is 1. The van der Waals surface area contributed by atoms with Crippen LogP contribution in [0, 0.1) is 0 Å². The van der Waals surface area contributed by atoms with Gasteiger partial charge in [-0.2, -0.15) is 0 Å². The summed E-state index contributed by atoms with van der Waals surface area (Å²) in [6, 6.07) is 7.34. The number of thiol groups is 1. The summed E-state index contributed by atoms with van der Waals surface area (Å²) in [6.07, 6.45) is 11.0. The molecule has 0 saturated heterocycles. The summed E-state index contributed by atoms with van der Waals surface area (Å²) < 4.78 is 0. The Morgan fingerprint density at radius 2 is 1.56 bits per heavy atom. The Bertz CT molecular complexity index is 652. The molecule has 0 aromatic heterocycles. The minimum absolute atomic E-state index is 0.0790. The average molecular weight is 358 g/mol. The summed E-state index contributed by atoms with van der Waals surface area (Å²) in [5.41, 5.74) is 4.75. The molecular weight excluding hydrogens is 326 g/mol. The summed E-state index contributed by atoms with van der Waals surface area (Å²) >= 11 is 4.31. The van der Waals surface area contributed by atoms with Crippen LogP contribution in [0.3, 0.4) is 0 Å². The lowest BCUT2D eigenvalue weighted by molar-refractivity contribution is 0.0955. The van der Waals surface area contributed by atoms with Crippen molar-refractivity contribution < 1.29 is 4.79 Å². The molecule has 3 heteroatoms. The van der Waals surface area contributed by atoms with Gasteiger partial charge in [-0.05, 0) is 65.5 Å². The molecule has 1 N–H and O–H groups in total. The molecule has 0 bridgehead atoms. The van der Waals surface area contributed by atoms with E-state index in [1.165, 1.54) is 16.7 Å². The van der Waals surface area contributed by atoms with Crippen molar-refractivity contribution >= 4 is 18.5 Å². The quantitative estimate of drug-likeness (QED) is 0.404. The minimum Gasteiger partial charge on any atom is -0.349 e. The predicted octanol–water partition coefficient (Wildman–Crippen LogP) is 6.12. The first-order valence-corrected chi connectivity index (χ1v) is 9.35. The van der Waals surface area contributed by atoms with Crippen LogP contribution in [0.15, 0.2) is 64.1 Å². The van der Waals surface area contributed by atoms with Crippen molar-refractivity contribution in [1.29, 1.82) is 0 Å². The third kappa shape index (κ3) is 9.35. The van der Waals surface area contributed by atoms with Gasteiger partial charge in [0.15, 0.2) is 0 Å². The topological polar surface area (TPSA) is 29.1 Å². The van der Waals surface area contributed by atoms with Crippen molar-refractivity contribution in [1.82, 2.24) is 5.32 Å². The van der Waals surface area contributed by atoms with E-state index in [0.29, 0.717) is 17.0 Å². The molecule has 0 saturated carbocycles. The van der Waals surface area contributed by atoms with Crippen LogP contribution >= 0.6 is 12.6 Å². The number of allylic oxidation sites excluding steroid dienone is 5. The normalized spacial score (nSPS) is 12.0. The number of rotatable bonds is 9. The molecular formula is C22H31NOS. The maximum absolute atomic E-state index is 12.1. The van der Waals surface area contributed by atoms with Crippen molar-refractivity contribution in [2.24, 2.45) is 0 Å². The van der Waals surface area contributed by atoms with Gasteiger partial charge < -0.3 is 5.32 Å². The van der Waals surface area contributed by atoms with E-state index in [1.807, 2.05) is 18.2 Å². The lowest BCUT2D eigenvalue weighted by Gasteiger charge is -2.06. The second-order valence-corrected chi connectivity index (χ2v) is 7.17. The van der Waals surface area contributed by atoms with Gasteiger partial charge >= 0.3 is 0 Å². The lowest BCUT2D eigenvalue weighted by atomic mass is 10.1. The molecule has 1 rings (SSSR count). The molecule has 0 radical (unpaired) electrons. The van der Waals surface area contributed by atoms with Crippen molar-refractivity contribution in [2.75, 3.05) is 6.54 Å². The van der Waals surface area contributed by atoms with Crippen LogP contribution in [0.2, 0.25) is 0 Å². The molecule has 0 aliphatic carbocycles. The van der Waals surface area contributed by atoms with E-state index in [0.717, 1.165) is 25.7 Å². The Morgan fingerprint density at radius 3 is 2.20 bits per heavy atom. The van der Waals surface area contributed by atoms with Gasteiger partial charge in [0.05, 0.1) is 5.56 Å². The van der Waals surface area contributed by atoms with Gasteiger partial charge in [0.1, 0.15) is 0 Å². The summed E-state index contributed by atoms with van der Waals surface area (Å²) in [5.74, 6) is -0.0790. The van der Waals surface area contributed by atoms with E-state index in [2.05, 4.69) is 63.9 Å². The fourth-order valence-electron chi connectivity index (χ4n) is 2.42. The van der Waals surface area contributed by atoms with Gasteiger partial charge in [-0.3, -0.25) is 4.79 Å². The fourth-order valence-corrected chi connectivity index (χ4v) is 2.68. The van der Waals surface area contributed by atoms with Gasteiger partial charge in [0.25, 0.3) is 5.91 Å². The van der Waals surface area contributed by atoms with Crippen LogP contribution in [0.5, 0.6) is 0 Å². The zero-order valence-corrected chi connectivity index (χ0v) is 16.8. The molecule has 136 valence electrons. The molecule has 0 heterocycles. The van der Waals surface area contributed by atoms with Crippen molar-refractivity contribution in [3.63, 3.8) is 0 Å². The molecule has 1 aromatic rings.